The second kappa shape index (κ2) is 8.43. The zero-order valence-corrected chi connectivity index (χ0v) is 14.3. The molecule has 0 aromatic heterocycles. The van der Waals surface area contributed by atoms with Crippen molar-refractivity contribution in [3.63, 3.8) is 0 Å². The van der Waals surface area contributed by atoms with Crippen molar-refractivity contribution >= 4 is 17.6 Å². The average Bonchev–Trinajstić information content (AvgIpc) is 2.55. The molecule has 126 valence electrons. The molecule has 0 bridgehead atoms. The van der Waals surface area contributed by atoms with Gasteiger partial charge in [0.25, 0.3) is 0 Å². The molecule has 0 spiro atoms. The fourth-order valence-corrected chi connectivity index (χ4v) is 2.76. The third-order valence-corrected chi connectivity index (χ3v) is 4.39. The molecular formula is C17H22ClFN2O2. The van der Waals surface area contributed by atoms with Crippen LogP contribution in [-0.4, -0.2) is 55.6 Å². The summed E-state index contributed by atoms with van der Waals surface area (Å²) < 4.78 is 17.7. The Morgan fingerprint density at radius 3 is 2.57 bits per heavy atom. The Kier molecular flexibility index (Phi) is 6.57. The summed E-state index contributed by atoms with van der Waals surface area (Å²) in [5.41, 5.74) is 1.58. The first-order valence-corrected chi connectivity index (χ1v) is 8.01. The number of esters is 1. The highest BCUT2D eigenvalue weighted by Gasteiger charge is 2.17. The molecule has 1 aromatic carbocycles. The summed E-state index contributed by atoms with van der Waals surface area (Å²) in [6.07, 6.45) is 1.90. The Hall–Kier alpha value is -1.43. The summed E-state index contributed by atoms with van der Waals surface area (Å²) in [5, 5.41) is 0.476. The largest absolute Gasteiger partial charge is 0.466 e. The number of methoxy groups -OCH3 is 1. The summed E-state index contributed by atoms with van der Waals surface area (Å²) in [6, 6.07) is 4.54. The quantitative estimate of drug-likeness (QED) is 0.609. The highest BCUT2D eigenvalue weighted by atomic mass is 35.5. The standard InChI is InChI=1S/C17H22ClFN2O2/c1-13(17(22)23-2)5-6-20-7-9-21(10-8-20)12-14-3-4-15(19)11-16(14)18/h3-5,11H,6-10,12H2,1-2H3/b13-5-. The minimum atomic E-state index is -0.309. The molecule has 0 N–H and O–H groups in total. The van der Waals surface area contributed by atoms with E-state index in [0.717, 1.165) is 44.8 Å². The van der Waals surface area contributed by atoms with E-state index in [4.69, 9.17) is 11.6 Å². The maximum atomic E-state index is 13.1. The van der Waals surface area contributed by atoms with Crippen molar-refractivity contribution in [3.8, 4) is 0 Å². The normalized spacial score (nSPS) is 17.3. The number of halogens is 2. The SMILES string of the molecule is COC(=O)/C(C)=C\CN1CCN(Cc2ccc(F)cc2Cl)CC1. The molecule has 1 aliphatic heterocycles. The third-order valence-electron chi connectivity index (χ3n) is 4.04. The molecule has 0 radical (unpaired) electrons. The van der Waals surface area contributed by atoms with Gasteiger partial charge in [-0.3, -0.25) is 9.80 Å². The van der Waals surface area contributed by atoms with E-state index >= 15 is 0 Å². The summed E-state index contributed by atoms with van der Waals surface area (Å²) >= 11 is 6.08. The molecule has 0 unspecified atom stereocenters. The lowest BCUT2D eigenvalue weighted by atomic mass is 10.2. The molecule has 0 saturated carbocycles. The Morgan fingerprint density at radius 1 is 1.30 bits per heavy atom. The fraction of sp³-hybridized carbons (Fsp3) is 0.471. The van der Waals surface area contributed by atoms with Crippen molar-refractivity contribution in [1.29, 1.82) is 0 Å². The van der Waals surface area contributed by atoms with Crippen LogP contribution in [0.2, 0.25) is 5.02 Å². The molecule has 4 nitrogen and oxygen atoms in total. The van der Waals surface area contributed by atoms with Crippen molar-refractivity contribution in [2.24, 2.45) is 0 Å². The first-order chi connectivity index (χ1) is 11.0. The predicted octanol–water partition coefficient (Wildman–Crippen LogP) is 2.72. The fourth-order valence-electron chi connectivity index (χ4n) is 2.53. The van der Waals surface area contributed by atoms with E-state index in [0.29, 0.717) is 10.6 Å². The van der Waals surface area contributed by atoms with Crippen LogP contribution >= 0.6 is 11.6 Å². The topological polar surface area (TPSA) is 32.8 Å². The maximum Gasteiger partial charge on any atom is 0.333 e. The molecule has 23 heavy (non-hydrogen) atoms. The third kappa shape index (κ3) is 5.30. The summed E-state index contributed by atoms with van der Waals surface area (Å²) in [4.78, 5) is 15.9. The van der Waals surface area contributed by atoms with Crippen molar-refractivity contribution in [3.05, 3.63) is 46.3 Å². The van der Waals surface area contributed by atoms with Gasteiger partial charge in [-0.25, -0.2) is 9.18 Å². The van der Waals surface area contributed by atoms with Crippen LogP contribution in [0.25, 0.3) is 0 Å². The van der Waals surface area contributed by atoms with Crippen LogP contribution in [0, 0.1) is 5.82 Å². The van der Waals surface area contributed by atoms with Crippen LogP contribution in [0.4, 0.5) is 4.39 Å². The number of rotatable bonds is 5. The number of carbonyl (C=O) groups is 1. The van der Waals surface area contributed by atoms with E-state index in [2.05, 4.69) is 14.5 Å². The summed E-state index contributed by atoms with van der Waals surface area (Å²) in [7, 11) is 1.39. The lowest BCUT2D eigenvalue weighted by Gasteiger charge is -2.34. The molecule has 0 amide bonds. The van der Waals surface area contributed by atoms with E-state index in [1.54, 1.807) is 13.0 Å². The van der Waals surface area contributed by atoms with Crippen molar-refractivity contribution in [2.75, 3.05) is 39.8 Å². The van der Waals surface area contributed by atoms with E-state index in [-0.39, 0.29) is 11.8 Å². The Morgan fingerprint density at radius 2 is 1.96 bits per heavy atom. The van der Waals surface area contributed by atoms with Crippen LogP contribution in [-0.2, 0) is 16.1 Å². The second-order valence-corrected chi connectivity index (χ2v) is 6.10. The van der Waals surface area contributed by atoms with Crippen LogP contribution in [0.15, 0.2) is 29.8 Å². The number of benzene rings is 1. The number of piperazine rings is 1. The summed E-state index contributed by atoms with van der Waals surface area (Å²) in [5.74, 6) is -0.592. The van der Waals surface area contributed by atoms with Gasteiger partial charge in [-0.15, -0.1) is 0 Å². The Bertz CT molecular complexity index is 584. The molecule has 1 saturated heterocycles. The number of ether oxygens (including phenoxy) is 1. The molecule has 0 aliphatic carbocycles. The number of hydrogen-bond donors (Lipinski definition) is 0. The molecule has 1 heterocycles. The van der Waals surface area contributed by atoms with Gasteiger partial charge in [0.2, 0.25) is 0 Å². The smallest absolute Gasteiger partial charge is 0.333 e. The Labute approximate surface area is 141 Å². The zero-order valence-electron chi connectivity index (χ0n) is 13.5. The summed E-state index contributed by atoms with van der Waals surface area (Å²) in [6.45, 7) is 6.90. The van der Waals surface area contributed by atoms with Gasteiger partial charge in [0, 0.05) is 49.9 Å². The molecule has 1 aromatic rings. The van der Waals surface area contributed by atoms with Gasteiger partial charge >= 0.3 is 5.97 Å². The van der Waals surface area contributed by atoms with Gasteiger partial charge < -0.3 is 4.74 Å². The van der Waals surface area contributed by atoms with Crippen molar-refractivity contribution in [1.82, 2.24) is 9.80 Å². The van der Waals surface area contributed by atoms with Gasteiger partial charge in [0.15, 0.2) is 0 Å². The van der Waals surface area contributed by atoms with E-state index in [1.807, 2.05) is 6.08 Å². The molecule has 6 heteroatoms. The van der Waals surface area contributed by atoms with Gasteiger partial charge in [0.1, 0.15) is 5.82 Å². The van der Waals surface area contributed by atoms with Crippen molar-refractivity contribution < 1.29 is 13.9 Å². The molecule has 0 atom stereocenters. The Balaban J connectivity index is 1.81. The van der Waals surface area contributed by atoms with Crippen LogP contribution in [0.1, 0.15) is 12.5 Å². The lowest BCUT2D eigenvalue weighted by molar-refractivity contribution is -0.136. The molecular weight excluding hydrogens is 319 g/mol. The minimum Gasteiger partial charge on any atom is -0.466 e. The highest BCUT2D eigenvalue weighted by molar-refractivity contribution is 6.31. The van der Waals surface area contributed by atoms with Gasteiger partial charge in [-0.05, 0) is 24.6 Å². The van der Waals surface area contributed by atoms with Crippen LogP contribution in [0.5, 0.6) is 0 Å². The maximum absolute atomic E-state index is 13.1. The first-order valence-electron chi connectivity index (χ1n) is 7.63. The van der Waals surface area contributed by atoms with Gasteiger partial charge in [0.05, 0.1) is 7.11 Å². The number of hydrogen-bond acceptors (Lipinski definition) is 4. The van der Waals surface area contributed by atoms with Crippen LogP contribution < -0.4 is 0 Å². The number of carbonyl (C=O) groups excluding carboxylic acids is 1. The lowest BCUT2D eigenvalue weighted by Crippen LogP contribution is -2.45. The van der Waals surface area contributed by atoms with Crippen molar-refractivity contribution in [2.45, 2.75) is 13.5 Å². The number of nitrogens with zero attached hydrogens (tertiary/aromatic N) is 2. The zero-order chi connectivity index (χ0) is 16.8. The monoisotopic (exact) mass is 340 g/mol. The molecule has 2 rings (SSSR count). The highest BCUT2D eigenvalue weighted by Crippen LogP contribution is 2.19. The van der Waals surface area contributed by atoms with Gasteiger partial charge in [-0.2, -0.15) is 0 Å². The van der Waals surface area contributed by atoms with E-state index < -0.39 is 0 Å². The average molecular weight is 341 g/mol. The molecule has 1 aliphatic rings. The van der Waals surface area contributed by atoms with E-state index in [9.17, 15) is 9.18 Å². The predicted molar refractivity (Wildman–Crippen MR) is 88.9 cm³/mol. The molecule has 1 fully saturated rings. The first kappa shape index (κ1) is 17.9. The van der Waals surface area contributed by atoms with E-state index in [1.165, 1.54) is 19.2 Å². The van der Waals surface area contributed by atoms with Crippen LogP contribution in [0.3, 0.4) is 0 Å². The minimum absolute atomic E-state index is 0.283. The second-order valence-electron chi connectivity index (χ2n) is 5.69. The van der Waals surface area contributed by atoms with Gasteiger partial charge in [-0.1, -0.05) is 23.7 Å².